The molecule has 0 bridgehead atoms. The van der Waals surface area contributed by atoms with Crippen LogP contribution in [-0.2, 0) is 6.42 Å². The number of likely N-dealkylation sites (tertiary alicyclic amines) is 1. The molecule has 0 amide bonds. The predicted octanol–water partition coefficient (Wildman–Crippen LogP) is 3.00. The summed E-state index contributed by atoms with van der Waals surface area (Å²) in [5, 5.41) is 24.8. The Balaban J connectivity index is 1.34. The second kappa shape index (κ2) is 7.03. The summed E-state index contributed by atoms with van der Waals surface area (Å²) in [5.74, 6) is 0.912. The van der Waals surface area contributed by atoms with Crippen molar-refractivity contribution >= 4 is 5.69 Å². The topological polar surface area (TPSA) is 55.7 Å². The van der Waals surface area contributed by atoms with Gasteiger partial charge < -0.3 is 15.5 Å². The fourth-order valence-corrected chi connectivity index (χ4v) is 4.79. The van der Waals surface area contributed by atoms with Crippen LogP contribution in [0.5, 0.6) is 0 Å². The van der Waals surface area contributed by atoms with E-state index in [2.05, 4.69) is 22.3 Å². The Bertz CT molecular complexity index is 735. The summed E-state index contributed by atoms with van der Waals surface area (Å²) in [7, 11) is 0. The second-order valence-electron chi connectivity index (χ2n) is 8.16. The number of aryl methyl sites for hydroxylation is 1. The summed E-state index contributed by atoms with van der Waals surface area (Å²) >= 11 is 0. The summed E-state index contributed by atoms with van der Waals surface area (Å²) in [5.41, 5.74) is 2.71. The summed E-state index contributed by atoms with van der Waals surface area (Å²) in [6.07, 6.45) is 1.69. The summed E-state index contributed by atoms with van der Waals surface area (Å²) in [4.78, 5) is 2.10. The molecule has 0 spiro atoms. The number of hydrogen-bond donors (Lipinski definition) is 3. The van der Waals surface area contributed by atoms with E-state index < -0.39 is 12.0 Å². The molecule has 0 aromatic heterocycles. The highest BCUT2D eigenvalue weighted by Gasteiger charge is 2.49. The van der Waals surface area contributed by atoms with Gasteiger partial charge in [0.05, 0.1) is 5.60 Å². The number of hydrogen-bond acceptors (Lipinski definition) is 4. The van der Waals surface area contributed by atoms with Crippen molar-refractivity contribution in [2.45, 2.75) is 38.1 Å². The van der Waals surface area contributed by atoms with Gasteiger partial charge in [-0.1, -0.05) is 42.5 Å². The first-order valence-electron chi connectivity index (χ1n) is 9.52. The van der Waals surface area contributed by atoms with Crippen LogP contribution < -0.4 is 5.32 Å². The van der Waals surface area contributed by atoms with E-state index in [-0.39, 0.29) is 0 Å². The van der Waals surface area contributed by atoms with E-state index in [9.17, 15) is 10.2 Å². The van der Waals surface area contributed by atoms with E-state index in [1.165, 1.54) is 11.1 Å². The Kier molecular flexibility index (Phi) is 4.74. The highest BCUT2D eigenvalue weighted by atomic mass is 16.3. The molecular weight excluding hydrogens is 324 g/mol. The average molecular weight is 352 g/mol. The molecule has 3 N–H and O–H groups in total. The summed E-state index contributed by atoms with van der Waals surface area (Å²) < 4.78 is 0. The molecule has 1 saturated heterocycles. The molecule has 138 valence electrons. The Hall–Kier alpha value is -1.88. The lowest BCUT2D eigenvalue weighted by Crippen LogP contribution is -2.41. The Morgan fingerprint density at radius 3 is 2.42 bits per heavy atom. The SMILES string of the molecule is Cc1cccc(NC(O)N2C[C@@H]3C[C@@](O)(Cc4ccccc4)C[C@@H]3C2)c1. The predicted molar refractivity (Wildman–Crippen MR) is 104 cm³/mol. The van der Waals surface area contributed by atoms with Crippen molar-refractivity contribution in [2.24, 2.45) is 11.8 Å². The van der Waals surface area contributed by atoms with Gasteiger partial charge in [-0.25, -0.2) is 0 Å². The number of nitrogens with one attached hydrogen (secondary N) is 1. The minimum atomic E-state index is -0.676. The lowest BCUT2D eigenvalue weighted by molar-refractivity contribution is 0.0100. The Labute approximate surface area is 155 Å². The zero-order valence-electron chi connectivity index (χ0n) is 15.3. The number of fused-ring (bicyclic) bond motifs is 1. The first-order chi connectivity index (χ1) is 12.5. The van der Waals surface area contributed by atoms with Crippen molar-refractivity contribution in [3.05, 3.63) is 65.7 Å². The second-order valence-corrected chi connectivity index (χ2v) is 8.16. The molecule has 1 unspecified atom stereocenters. The molecule has 4 nitrogen and oxygen atoms in total. The molecule has 2 aromatic carbocycles. The quantitative estimate of drug-likeness (QED) is 0.724. The van der Waals surface area contributed by atoms with Gasteiger partial charge in [0.2, 0.25) is 0 Å². The normalized spacial score (nSPS) is 29.5. The zero-order valence-corrected chi connectivity index (χ0v) is 15.3. The van der Waals surface area contributed by atoms with E-state index in [0.717, 1.165) is 38.0 Å². The van der Waals surface area contributed by atoms with E-state index >= 15 is 0 Å². The van der Waals surface area contributed by atoms with Gasteiger partial charge in [-0.3, -0.25) is 4.90 Å². The Morgan fingerprint density at radius 2 is 1.77 bits per heavy atom. The number of aliphatic hydroxyl groups is 2. The van der Waals surface area contributed by atoms with Gasteiger partial charge in [-0.2, -0.15) is 0 Å². The summed E-state index contributed by atoms with van der Waals surface area (Å²) in [6, 6.07) is 18.3. The van der Waals surface area contributed by atoms with Crippen LogP contribution in [0.15, 0.2) is 54.6 Å². The van der Waals surface area contributed by atoms with Gasteiger partial charge in [0.25, 0.3) is 0 Å². The molecule has 0 radical (unpaired) electrons. The fourth-order valence-electron chi connectivity index (χ4n) is 4.79. The molecule has 2 aromatic rings. The molecule has 4 atom stereocenters. The maximum absolute atomic E-state index is 11.0. The molecule has 26 heavy (non-hydrogen) atoms. The highest BCUT2D eigenvalue weighted by Crippen LogP contribution is 2.45. The molecule has 4 heteroatoms. The van der Waals surface area contributed by atoms with Crippen LogP contribution in [0.3, 0.4) is 0 Å². The monoisotopic (exact) mass is 352 g/mol. The van der Waals surface area contributed by atoms with Crippen molar-refractivity contribution in [3.63, 3.8) is 0 Å². The third-order valence-corrected chi connectivity index (χ3v) is 5.92. The van der Waals surface area contributed by atoms with Crippen molar-refractivity contribution in [3.8, 4) is 0 Å². The van der Waals surface area contributed by atoms with Gasteiger partial charge in [-0.05, 0) is 54.9 Å². The molecule has 1 saturated carbocycles. The standard InChI is InChI=1S/C22H28N2O2/c1-16-6-5-9-20(10-16)23-21(25)24-14-18-12-22(26,13-19(18)15-24)11-17-7-3-2-4-8-17/h2-10,18-19,21,23,25-26H,11-15H2,1H3/t18-,19+,21?,22-. The van der Waals surface area contributed by atoms with Crippen LogP contribution in [0.1, 0.15) is 24.0 Å². The minimum Gasteiger partial charge on any atom is -0.390 e. The molecular formula is C22H28N2O2. The summed E-state index contributed by atoms with van der Waals surface area (Å²) in [6.45, 7) is 3.72. The van der Waals surface area contributed by atoms with Crippen LogP contribution in [0.25, 0.3) is 0 Å². The Morgan fingerprint density at radius 1 is 1.08 bits per heavy atom. The van der Waals surface area contributed by atoms with Crippen molar-refractivity contribution in [1.82, 2.24) is 4.90 Å². The van der Waals surface area contributed by atoms with Gasteiger partial charge >= 0.3 is 0 Å². The van der Waals surface area contributed by atoms with E-state index in [0.29, 0.717) is 11.8 Å². The van der Waals surface area contributed by atoms with Crippen LogP contribution in [0.4, 0.5) is 5.69 Å². The lowest BCUT2D eigenvalue weighted by atomic mass is 9.91. The highest BCUT2D eigenvalue weighted by molar-refractivity contribution is 5.45. The molecule has 4 rings (SSSR count). The van der Waals surface area contributed by atoms with Gasteiger partial charge in [0, 0.05) is 25.2 Å². The third-order valence-electron chi connectivity index (χ3n) is 5.92. The number of rotatable bonds is 5. The fraction of sp³-hybridized carbons (Fsp3) is 0.455. The van der Waals surface area contributed by atoms with Crippen LogP contribution in [0.2, 0.25) is 0 Å². The maximum atomic E-state index is 11.0. The lowest BCUT2D eigenvalue weighted by Gasteiger charge is -2.29. The number of benzene rings is 2. The van der Waals surface area contributed by atoms with Gasteiger partial charge in [0.1, 0.15) is 0 Å². The van der Waals surface area contributed by atoms with Crippen molar-refractivity contribution in [2.75, 3.05) is 18.4 Å². The van der Waals surface area contributed by atoms with Crippen LogP contribution in [-0.4, -0.2) is 40.2 Å². The third kappa shape index (κ3) is 3.78. The molecule has 1 aliphatic carbocycles. The van der Waals surface area contributed by atoms with E-state index in [4.69, 9.17) is 0 Å². The van der Waals surface area contributed by atoms with Crippen molar-refractivity contribution < 1.29 is 10.2 Å². The van der Waals surface area contributed by atoms with Crippen molar-refractivity contribution in [1.29, 1.82) is 0 Å². The molecule has 1 heterocycles. The zero-order chi connectivity index (χ0) is 18.1. The van der Waals surface area contributed by atoms with Gasteiger partial charge in [-0.15, -0.1) is 0 Å². The van der Waals surface area contributed by atoms with Crippen LogP contribution >= 0.6 is 0 Å². The first-order valence-corrected chi connectivity index (χ1v) is 9.52. The maximum Gasteiger partial charge on any atom is 0.184 e. The minimum absolute atomic E-state index is 0.456. The first kappa shape index (κ1) is 17.5. The van der Waals surface area contributed by atoms with Crippen LogP contribution in [0, 0.1) is 18.8 Å². The van der Waals surface area contributed by atoms with E-state index in [1.54, 1.807) is 0 Å². The molecule has 2 fully saturated rings. The smallest absolute Gasteiger partial charge is 0.184 e. The molecule has 1 aliphatic heterocycles. The number of anilines is 1. The van der Waals surface area contributed by atoms with Gasteiger partial charge in [0.15, 0.2) is 6.35 Å². The average Bonchev–Trinajstić information content (AvgIpc) is 3.10. The largest absolute Gasteiger partial charge is 0.390 e. The number of nitrogens with zero attached hydrogens (tertiary/aromatic N) is 1. The number of aliphatic hydroxyl groups excluding tert-OH is 1. The van der Waals surface area contributed by atoms with E-state index in [1.807, 2.05) is 49.4 Å². The molecule has 2 aliphatic rings.